The molecule has 0 unspecified atom stereocenters. The monoisotopic (exact) mass is 259 g/mol. The highest BCUT2D eigenvalue weighted by Crippen LogP contribution is 2.48. The summed E-state index contributed by atoms with van der Waals surface area (Å²) in [5.41, 5.74) is 5.12. The van der Waals surface area contributed by atoms with Gasteiger partial charge < -0.3 is 21.1 Å². The van der Waals surface area contributed by atoms with Crippen LogP contribution in [0.25, 0.3) is 0 Å². The van der Waals surface area contributed by atoms with Gasteiger partial charge in [-0.15, -0.1) is 0 Å². The zero-order chi connectivity index (χ0) is 13.6. The van der Waals surface area contributed by atoms with Crippen molar-refractivity contribution in [2.24, 2.45) is 5.73 Å². The van der Waals surface area contributed by atoms with Gasteiger partial charge in [-0.1, -0.05) is 0 Å². The normalized spacial score (nSPS) is 21.7. The Morgan fingerprint density at radius 2 is 1.50 bits per heavy atom. The van der Waals surface area contributed by atoms with E-state index in [0.717, 1.165) is 0 Å². The molecule has 1 aliphatic rings. The molecule has 0 saturated heterocycles. The van der Waals surface area contributed by atoms with Crippen LogP contribution in [0, 0.1) is 0 Å². The number of phenols is 3. The van der Waals surface area contributed by atoms with Gasteiger partial charge in [0, 0.05) is 23.9 Å². The number of benzene rings is 1. The molecule has 0 heterocycles. The molecule has 2 rings (SSSR count). The number of halogens is 2. The maximum Gasteiger partial charge on any atom is 0.248 e. The van der Waals surface area contributed by atoms with Crippen LogP contribution in [0.2, 0.25) is 0 Å². The highest BCUT2D eigenvalue weighted by Gasteiger charge is 2.43. The van der Waals surface area contributed by atoms with Gasteiger partial charge in [0.25, 0.3) is 0 Å². The average molecular weight is 259 g/mol. The first kappa shape index (κ1) is 12.9. The topological polar surface area (TPSA) is 86.7 Å². The fourth-order valence-electron chi connectivity index (χ4n) is 2.30. The molecule has 0 spiro atoms. The van der Waals surface area contributed by atoms with Crippen LogP contribution in [0.1, 0.15) is 31.2 Å². The maximum absolute atomic E-state index is 13.1. The minimum atomic E-state index is -2.72. The first-order valence-electron chi connectivity index (χ1n) is 5.66. The molecule has 1 aromatic rings. The molecule has 0 aliphatic heterocycles. The summed E-state index contributed by atoms with van der Waals surface area (Å²) in [7, 11) is 0. The van der Waals surface area contributed by atoms with Crippen LogP contribution in [-0.2, 0) is 5.54 Å². The number of nitrogens with two attached hydrogens (primary N) is 1. The van der Waals surface area contributed by atoms with Gasteiger partial charge >= 0.3 is 0 Å². The van der Waals surface area contributed by atoms with Gasteiger partial charge in [-0.05, 0) is 25.0 Å². The fourth-order valence-corrected chi connectivity index (χ4v) is 2.30. The summed E-state index contributed by atoms with van der Waals surface area (Å²) in [5.74, 6) is -4.41. The lowest BCUT2D eigenvalue weighted by Gasteiger charge is -2.37. The Morgan fingerprint density at radius 1 is 0.944 bits per heavy atom. The second-order valence-corrected chi connectivity index (χ2v) is 4.84. The predicted octanol–water partition coefficient (Wildman–Crippen LogP) is 2.17. The van der Waals surface area contributed by atoms with Gasteiger partial charge in [-0.25, -0.2) is 8.78 Å². The van der Waals surface area contributed by atoms with Crippen LogP contribution < -0.4 is 5.73 Å². The molecule has 18 heavy (non-hydrogen) atoms. The van der Waals surface area contributed by atoms with Gasteiger partial charge in [-0.2, -0.15) is 0 Å². The second kappa shape index (κ2) is 3.98. The largest absolute Gasteiger partial charge is 0.504 e. The third kappa shape index (κ3) is 2.08. The van der Waals surface area contributed by atoms with Crippen molar-refractivity contribution >= 4 is 0 Å². The molecule has 1 fully saturated rings. The highest BCUT2D eigenvalue weighted by atomic mass is 19.3. The first-order valence-corrected chi connectivity index (χ1v) is 5.66. The second-order valence-electron chi connectivity index (χ2n) is 4.84. The van der Waals surface area contributed by atoms with E-state index >= 15 is 0 Å². The molecule has 0 aromatic heterocycles. The molecule has 100 valence electrons. The molecular weight excluding hydrogens is 244 g/mol. The summed E-state index contributed by atoms with van der Waals surface area (Å²) in [6.07, 6.45) is -0.690. The van der Waals surface area contributed by atoms with Crippen molar-refractivity contribution in [3.8, 4) is 17.2 Å². The lowest BCUT2D eigenvalue weighted by molar-refractivity contribution is -0.0516. The van der Waals surface area contributed by atoms with E-state index in [2.05, 4.69) is 0 Å². The van der Waals surface area contributed by atoms with E-state index in [1.807, 2.05) is 0 Å². The lowest BCUT2D eigenvalue weighted by Crippen LogP contribution is -2.43. The zero-order valence-corrected chi connectivity index (χ0v) is 9.66. The summed E-state index contributed by atoms with van der Waals surface area (Å²) in [5, 5.41) is 28.4. The Labute approximate surface area is 103 Å². The summed E-state index contributed by atoms with van der Waals surface area (Å²) in [6, 6.07) is 2.54. The predicted molar refractivity (Wildman–Crippen MR) is 60.7 cm³/mol. The molecule has 0 amide bonds. The number of rotatable bonds is 1. The number of aromatic hydroxyl groups is 3. The number of hydrogen-bond acceptors (Lipinski definition) is 4. The van der Waals surface area contributed by atoms with Crippen molar-refractivity contribution < 1.29 is 24.1 Å². The van der Waals surface area contributed by atoms with Crippen LogP contribution in [0.3, 0.4) is 0 Å². The Balaban J connectivity index is 2.35. The molecule has 1 saturated carbocycles. The van der Waals surface area contributed by atoms with Crippen LogP contribution in [0.4, 0.5) is 8.78 Å². The van der Waals surface area contributed by atoms with E-state index in [4.69, 9.17) is 5.73 Å². The van der Waals surface area contributed by atoms with Gasteiger partial charge in [-0.3, -0.25) is 0 Å². The minimum absolute atomic E-state index is 0.0117. The number of hydrogen-bond donors (Lipinski definition) is 4. The Bertz CT molecular complexity index is 467. The SMILES string of the molecule is NC1(c2ccc(O)c(O)c2O)CCC(F)(F)CC1. The third-order valence-corrected chi connectivity index (χ3v) is 3.54. The summed E-state index contributed by atoms with van der Waals surface area (Å²) in [4.78, 5) is 0. The van der Waals surface area contributed by atoms with Crippen molar-refractivity contribution in [3.63, 3.8) is 0 Å². The Kier molecular flexibility index (Phi) is 2.85. The standard InChI is InChI=1S/C12H15F2NO3/c13-12(14)5-3-11(15,4-6-12)7-1-2-8(16)10(18)9(7)17/h1-2,16-18H,3-6,15H2. The van der Waals surface area contributed by atoms with Crippen molar-refractivity contribution in [2.45, 2.75) is 37.1 Å². The fraction of sp³-hybridized carbons (Fsp3) is 0.500. The molecule has 0 radical (unpaired) electrons. The summed E-state index contributed by atoms with van der Waals surface area (Å²) < 4.78 is 26.2. The quantitative estimate of drug-likeness (QED) is 0.582. The van der Waals surface area contributed by atoms with E-state index in [-0.39, 0.29) is 31.2 Å². The summed E-state index contributed by atoms with van der Waals surface area (Å²) >= 11 is 0. The molecule has 1 aliphatic carbocycles. The lowest BCUT2D eigenvalue weighted by atomic mass is 9.75. The first-order chi connectivity index (χ1) is 8.25. The van der Waals surface area contributed by atoms with E-state index in [9.17, 15) is 24.1 Å². The minimum Gasteiger partial charge on any atom is -0.504 e. The molecule has 4 nitrogen and oxygen atoms in total. The van der Waals surface area contributed by atoms with E-state index in [1.54, 1.807) is 0 Å². The van der Waals surface area contributed by atoms with Crippen molar-refractivity contribution in [1.82, 2.24) is 0 Å². The van der Waals surface area contributed by atoms with Crippen molar-refractivity contribution in [3.05, 3.63) is 17.7 Å². The summed E-state index contributed by atoms with van der Waals surface area (Å²) in [6.45, 7) is 0. The van der Waals surface area contributed by atoms with E-state index < -0.39 is 28.7 Å². The molecule has 0 bridgehead atoms. The molecule has 0 atom stereocenters. The number of alkyl halides is 2. The number of phenolic OH excluding ortho intramolecular Hbond substituents is 3. The molecule has 1 aromatic carbocycles. The Hall–Kier alpha value is -1.56. The maximum atomic E-state index is 13.1. The van der Waals surface area contributed by atoms with E-state index in [1.165, 1.54) is 12.1 Å². The zero-order valence-electron chi connectivity index (χ0n) is 9.66. The van der Waals surface area contributed by atoms with Gasteiger partial charge in [0.15, 0.2) is 11.5 Å². The van der Waals surface area contributed by atoms with Crippen LogP contribution in [-0.4, -0.2) is 21.2 Å². The van der Waals surface area contributed by atoms with Crippen LogP contribution >= 0.6 is 0 Å². The van der Waals surface area contributed by atoms with Gasteiger partial charge in [0.05, 0.1) is 0 Å². The molecular formula is C12H15F2NO3. The van der Waals surface area contributed by atoms with Crippen molar-refractivity contribution in [2.75, 3.05) is 0 Å². The van der Waals surface area contributed by atoms with Crippen LogP contribution in [0.15, 0.2) is 12.1 Å². The van der Waals surface area contributed by atoms with E-state index in [0.29, 0.717) is 0 Å². The molecule has 5 N–H and O–H groups in total. The molecule has 6 heteroatoms. The average Bonchev–Trinajstić information content (AvgIpc) is 2.31. The van der Waals surface area contributed by atoms with Crippen molar-refractivity contribution in [1.29, 1.82) is 0 Å². The van der Waals surface area contributed by atoms with Gasteiger partial charge in [0.2, 0.25) is 11.7 Å². The Morgan fingerprint density at radius 3 is 2.06 bits per heavy atom. The third-order valence-electron chi connectivity index (χ3n) is 3.54. The smallest absolute Gasteiger partial charge is 0.248 e. The van der Waals surface area contributed by atoms with Crippen LogP contribution in [0.5, 0.6) is 17.2 Å². The van der Waals surface area contributed by atoms with Gasteiger partial charge in [0.1, 0.15) is 0 Å². The highest BCUT2D eigenvalue weighted by molar-refractivity contribution is 5.55.